The van der Waals surface area contributed by atoms with Gasteiger partial charge in [-0.3, -0.25) is 9.59 Å². The molecule has 1 atom stereocenters. The molecule has 0 fully saturated rings. The van der Waals surface area contributed by atoms with Gasteiger partial charge in [-0.2, -0.15) is 0 Å². The van der Waals surface area contributed by atoms with Crippen molar-refractivity contribution in [3.05, 3.63) is 64.7 Å². The van der Waals surface area contributed by atoms with E-state index in [1.165, 1.54) is 6.92 Å². The number of aliphatic imine (C=N–C) groups is 1. The van der Waals surface area contributed by atoms with E-state index < -0.39 is 12.1 Å². The van der Waals surface area contributed by atoms with E-state index >= 15 is 0 Å². The maximum absolute atomic E-state index is 12.3. The molecule has 2 N–H and O–H groups in total. The van der Waals surface area contributed by atoms with Crippen LogP contribution in [0.2, 0.25) is 5.02 Å². The Morgan fingerprint density at radius 2 is 1.96 bits per heavy atom. The maximum atomic E-state index is 12.3. The number of hydrogen-bond donors (Lipinski definition) is 2. The Hall–Kier alpha value is -2.66. The van der Waals surface area contributed by atoms with Crippen LogP contribution in [0.4, 0.5) is 5.69 Å². The summed E-state index contributed by atoms with van der Waals surface area (Å²) in [6, 6.07) is 14.6. The van der Waals surface area contributed by atoms with Gasteiger partial charge in [0, 0.05) is 23.1 Å². The van der Waals surface area contributed by atoms with Crippen LogP contribution in [-0.4, -0.2) is 23.7 Å². The summed E-state index contributed by atoms with van der Waals surface area (Å²) in [7, 11) is 0. The summed E-state index contributed by atoms with van der Waals surface area (Å²) in [5.74, 6) is -0.722. The minimum absolute atomic E-state index is 0.328. The standard InChI is InChI=1S/C17H14ClN3O2/c1-10(22)19-16-17(23)20-14-8-7-12(18)9-13(14)15(21-16)11-5-3-2-4-6-11/h2-9,16H,1H3,(H,19,22)(H,20,23)/t16-/m1/s1. The number of carbonyl (C=O) groups is 2. The fourth-order valence-electron chi connectivity index (χ4n) is 2.40. The maximum Gasteiger partial charge on any atom is 0.269 e. The minimum atomic E-state index is -0.992. The Bertz CT molecular complexity index is 803. The Kier molecular flexibility index (Phi) is 4.12. The number of hydrogen-bond acceptors (Lipinski definition) is 3. The van der Waals surface area contributed by atoms with E-state index in [9.17, 15) is 9.59 Å². The highest BCUT2D eigenvalue weighted by Crippen LogP contribution is 2.26. The normalized spacial score (nSPS) is 16.7. The lowest BCUT2D eigenvalue weighted by molar-refractivity contribution is -0.125. The molecule has 1 heterocycles. The second-order valence-electron chi connectivity index (χ2n) is 5.13. The van der Waals surface area contributed by atoms with Gasteiger partial charge >= 0.3 is 0 Å². The number of nitrogens with one attached hydrogen (secondary N) is 2. The number of rotatable bonds is 2. The Balaban J connectivity index is 2.18. The van der Waals surface area contributed by atoms with Crippen LogP contribution in [0.5, 0.6) is 0 Å². The highest BCUT2D eigenvalue weighted by molar-refractivity contribution is 6.32. The molecular weight excluding hydrogens is 314 g/mol. The van der Waals surface area contributed by atoms with E-state index in [0.29, 0.717) is 22.0 Å². The lowest BCUT2D eigenvalue weighted by Crippen LogP contribution is -2.41. The predicted octanol–water partition coefficient (Wildman–Crippen LogP) is 2.59. The first-order valence-corrected chi connectivity index (χ1v) is 7.43. The number of halogens is 1. The van der Waals surface area contributed by atoms with Crippen molar-refractivity contribution in [2.24, 2.45) is 4.99 Å². The monoisotopic (exact) mass is 327 g/mol. The van der Waals surface area contributed by atoms with Crippen LogP contribution in [-0.2, 0) is 9.59 Å². The van der Waals surface area contributed by atoms with Crippen molar-refractivity contribution < 1.29 is 9.59 Å². The second kappa shape index (κ2) is 6.22. The molecule has 0 saturated carbocycles. The van der Waals surface area contributed by atoms with Crippen LogP contribution >= 0.6 is 11.6 Å². The third-order valence-corrected chi connectivity index (χ3v) is 3.62. The van der Waals surface area contributed by atoms with Crippen LogP contribution < -0.4 is 10.6 Å². The third kappa shape index (κ3) is 3.24. The van der Waals surface area contributed by atoms with Gasteiger partial charge in [0.2, 0.25) is 12.1 Å². The fraction of sp³-hybridized carbons (Fsp3) is 0.118. The molecule has 116 valence electrons. The van der Waals surface area contributed by atoms with E-state index in [4.69, 9.17) is 11.6 Å². The second-order valence-corrected chi connectivity index (χ2v) is 5.56. The molecule has 2 amide bonds. The molecule has 1 aliphatic rings. The zero-order valence-corrected chi connectivity index (χ0v) is 13.1. The highest BCUT2D eigenvalue weighted by atomic mass is 35.5. The first-order chi connectivity index (χ1) is 11.0. The highest BCUT2D eigenvalue weighted by Gasteiger charge is 2.26. The van der Waals surface area contributed by atoms with Crippen molar-refractivity contribution in [3.8, 4) is 0 Å². The summed E-state index contributed by atoms with van der Waals surface area (Å²) in [5, 5.41) is 5.87. The van der Waals surface area contributed by atoms with Crippen molar-refractivity contribution in [3.63, 3.8) is 0 Å². The number of nitrogens with zero attached hydrogens (tertiary/aromatic N) is 1. The third-order valence-electron chi connectivity index (χ3n) is 3.39. The fourth-order valence-corrected chi connectivity index (χ4v) is 2.57. The molecule has 23 heavy (non-hydrogen) atoms. The lowest BCUT2D eigenvalue weighted by Gasteiger charge is -2.11. The zero-order chi connectivity index (χ0) is 16.4. The molecule has 5 nitrogen and oxygen atoms in total. The van der Waals surface area contributed by atoms with E-state index in [1.807, 2.05) is 30.3 Å². The molecule has 2 aromatic rings. The molecular formula is C17H14ClN3O2. The number of benzene rings is 2. The Morgan fingerprint density at radius 1 is 1.22 bits per heavy atom. The summed E-state index contributed by atoms with van der Waals surface area (Å²) >= 11 is 6.10. The topological polar surface area (TPSA) is 70.6 Å². The van der Waals surface area contributed by atoms with Crippen molar-refractivity contribution >= 4 is 34.8 Å². The first-order valence-electron chi connectivity index (χ1n) is 7.06. The number of amides is 2. The number of anilines is 1. The smallest absolute Gasteiger partial charge is 0.269 e. The van der Waals surface area contributed by atoms with E-state index in [2.05, 4.69) is 15.6 Å². The SMILES string of the molecule is CC(=O)N[C@@H]1N=C(c2ccccc2)c2cc(Cl)ccc2NC1=O. The van der Waals surface area contributed by atoms with Gasteiger partial charge in [-0.15, -0.1) is 0 Å². The number of fused-ring (bicyclic) bond motifs is 1. The summed E-state index contributed by atoms with van der Waals surface area (Å²) in [6.45, 7) is 1.35. The summed E-state index contributed by atoms with van der Waals surface area (Å²) < 4.78 is 0. The molecule has 3 rings (SSSR count). The number of benzodiazepines with no additional fused rings is 1. The average Bonchev–Trinajstić information content (AvgIpc) is 2.65. The van der Waals surface area contributed by atoms with E-state index in [-0.39, 0.29) is 5.91 Å². The molecule has 2 aromatic carbocycles. The summed E-state index contributed by atoms with van der Waals surface area (Å²) in [4.78, 5) is 28.1. The first kappa shape index (κ1) is 15.2. The lowest BCUT2D eigenvalue weighted by atomic mass is 10.0. The molecule has 0 aliphatic carbocycles. The quantitative estimate of drug-likeness (QED) is 0.890. The van der Waals surface area contributed by atoms with E-state index in [1.54, 1.807) is 18.2 Å². The van der Waals surface area contributed by atoms with E-state index in [0.717, 1.165) is 5.56 Å². The predicted molar refractivity (Wildman–Crippen MR) is 89.8 cm³/mol. The zero-order valence-electron chi connectivity index (χ0n) is 12.3. The van der Waals surface area contributed by atoms with Gasteiger partial charge in [-0.05, 0) is 18.2 Å². The molecule has 6 heteroatoms. The van der Waals surface area contributed by atoms with Crippen molar-refractivity contribution in [2.45, 2.75) is 13.1 Å². The largest absolute Gasteiger partial charge is 0.327 e. The number of carbonyl (C=O) groups excluding carboxylic acids is 2. The average molecular weight is 328 g/mol. The van der Waals surface area contributed by atoms with Gasteiger partial charge in [-0.1, -0.05) is 41.9 Å². The van der Waals surface area contributed by atoms with Crippen molar-refractivity contribution in [2.75, 3.05) is 5.32 Å². The van der Waals surface area contributed by atoms with Gasteiger partial charge in [0.05, 0.1) is 11.4 Å². The summed E-state index contributed by atoms with van der Waals surface area (Å²) in [5.41, 5.74) is 2.75. The van der Waals surface area contributed by atoms with Gasteiger partial charge in [0.1, 0.15) is 0 Å². The van der Waals surface area contributed by atoms with Crippen molar-refractivity contribution in [1.82, 2.24) is 5.32 Å². The molecule has 1 aliphatic heterocycles. The molecule has 0 saturated heterocycles. The van der Waals surface area contributed by atoms with Gasteiger partial charge < -0.3 is 10.6 Å². The van der Waals surface area contributed by atoms with Crippen molar-refractivity contribution in [1.29, 1.82) is 0 Å². The molecule has 0 spiro atoms. The summed E-state index contributed by atoms with van der Waals surface area (Å²) in [6.07, 6.45) is -0.992. The van der Waals surface area contributed by atoms with Gasteiger partial charge in [-0.25, -0.2) is 4.99 Å². The molecule has 0 bridgehead atoms. The molecule has 0 radical (unpaired) electrons. The Labute approximate surface area is 138 Å². The van der Waals surface area contributed by atoms with Gasteiger partial charge in [0.25, 0.3) is 5.91 Å². The van der Waals surface area contributed by atoms with Crippen LogP contribution in [0, 0.1) is 0 Å². The Morgan fingerprint density at radius 3 is 2.65 bits per heavy atom. The molecule has 0 unspecified atom stereocenters. The molecule has 0 aromatic heterocycles. The van der Waals surface area contributed by atoms with Crippen LogP contribution in [0.1, 0.15) is 18.1 Å². The van der Waals surface area contributed by atoms with Crippen LogP contribution in [0.25, 0.3) is 0 Å². The van der Waals surface area contributed by atoms with Crippen LogP contribution in [0.15, 0.2) is 53.5 Å². The van der Waals surface area contributed by atoms with Gasteiger partial charge in [0.15, 0.2) is 0 Å². The minimum Gasteiger partial charge on any atom is -0.327 e. The van der Waals surface area contributed by atoms with Crippen LogP contribution in [0.3, 0.4) is 0 Å².